The number of aromatic amines is 1. The number of hydrogen-bond acceptors (Lipinski definition) is 3. The average Bonchev–Trinajstić information content (AvgIpc) is 2.92. The minimum atomic E-state index is 0.156. The monoisotopic (exact) mass is 323 g/mol. The molecule has 0 aliphatic heterocycles. The standard InChI is InChI=1S/C14H18BrN3O/c1-3-16-12(14-17-6-7-18-14)9-10-8-11(15)4-5-13(10)19-2/h4-8,12,16H,3,9H2,1-2H3,(H,17,18). The fourth-order valence-corrected chi connectivity index (χ4v) is 2.52. The van der Waals surface area contributed by atoms with Crippen molar-refractivity contribution in [2.75, 3.05) is 13.7 Å². The number of imidazole rings is 1. The summed E-state index contributed by atoms with van der Waals surface area (Å²) >= 11 is 3.50. The lowest BCUT2D eigenvalue weighted by molar-refractivity contribution is 0.404. The SMILES string of the molecule is CCNC(Cc1cc(Br)ccc1OC)c1ncc[nH]1. The Kier molecular flexibility index (Phi) is 4.99. The Morgan fingerprint density at radius 3 is 2.95 bits per heavy atom. The first-order chi connectivity index (χ1) is 9.24. The summed E-state index contributed by atoms with van der Waals surface area (Å²) in [6.07, 6.45) is 4.44. The van der Waals surface area contributed by atoms with Crippen molar-refractivity contribution < 1.29 is 4.74 Å². The normalized spacial score (nSPS) is 12.4. The van der Waals surface area contributed by atoms with Gasteiger partial charge in [-0.3, -0.25) is 0 Å². The van der Waals surface area contributed by atoms with Crippen LogP contribution in [0.2, 0.25) is 0 Å². The second kappa shape index (κ2) is 6.73. The van der Waals surface area contributed by atoms with Gasteiger partial charge in [0.05, 0.1) is 13.2 Å². The first kappa shape index (κ1) is 14.1. The van der Waals surface area contributed by atoms with Gasteiger partial charge in [-0.1, -0.05) is 22.9 Å². The molecule has 0 bridgehead atoms. The highest BCUT2D eigenvalue weighted by atomic mass is 79.9. The molecule has 0 aliphatic rings. The van der Waals surface area contributed by atoms with Crippen molar-refractivity contribution in [3.63, 3.8) is 0 Å². The Balaban J connectivity index is 2.24. The van der Waals surface area contributed by atoms with Gasteiger partial charge in [0.25, 0.3) is 0 Å². The molecule has 1 heterocycles. The number of ether oxygens (including phenoxy) is 1. The molecule has 102 valence electrons. The van der Waals surface area contributed by atoms with E-state index in [1.807, 2.05) is 18.3 Å². The lowest BCUT2D eigenvalue weighted by Crippen LogP contribution is -2.24. The lowest BCUT2D eigenvalue weighted by Gasteiger charge is -2.17. The minimum Gasteiger partial charge on any atom is -0.496 e. The third kappa shape index (κ3) is 3.58. The molecule has 0 radical (unpaired) electrons. The van der Waals surface area contributed by atoms with Crippen LogP contribution in [0.25, 0.3) is 0 Å². The number of rotatable bonds is 6. The number of H-pyrrole nitrogens is 1. The first-order valence-electron chi connectivity index (χ1n) is 6.29. The highest BCUT2D eigenvalue weighted by Gasteiger charge is 2.16. The number of nitrogens with one attached hydrogen (secondary N) is 2. The second-order valence-electron chi connectivity index (χ2n) is 4.24. The number of likely N-dealkylation sites (N-methyl/N-ethyl adjacent to an activating group) is 1. The summed E-state index contributed by atoms with van der Waals surface area (Å²) in [5.41, 5.74) is 1.15. The van der Waals surface area contributed by atoms with E-state index in [0.717, 1.165) is 34.6 Å². The number of halogens is 1. The quantitative estimate of drug-likeness (QED) is 0.858. The minimum absolute atomic E-state index is 0.156. The van der Waals surface area contributed by atoms with E-state index in [0.29, 0.717) is 0 Å². The predicted molar refractivity (Wildman–Crippen MR) is 79.4 cm³/mol. The van der Waals surface area contributed by atoms with E-state index in [9.17, 15) is 0 Å². The summed E-state index contributed by atoms with van der Waals surface area (Å²) in [7, 11) is 1.70. The third-order valence-corrected chi connectivity index (χ3v) is 3.46. The molecule has 0 aliphatic carbocycles. The number of aromatic nitrogens is 2. The Morgan fingerprint density at radius 1 is 1.47 bits per heavy atom. The molecule has 2 rings (SSSR count). The first-order valence-corrected chi connectivity index (χ1v) is 7.09. The highest BCUT2D eigenvalue weighted by Crippen LogP contribution is 2.27. The third-order valence-electron chi connectivity index (χ3n) is 2.97. The Labute approximate surface area is 121 Å². The van der Waals surface area contributed by atoms with E-state index in [4.69, 9.17) is 4.74 Å². The summed E-state index contributed by atoms with van der Waals surface area (Å²) in [6, 6.07) is 6.21. The van der Waals surface area contributed by atoms with Crippen LogP contribution in [-0.2, 0) is 6.42 Å². The number of hydrogen-bond donors (Lipinski definition) is 2. The van der Waals surface area contributed by atoms with Gasteiger partial charge in [0.2, 0.25) is 0 Å². The zero-order chi connectivity index (χ0) is 13.7. The van der Waals surface area contributed by atoms with Crippen LogP contribution < -0.4 is 10.1 Å². The van der Waals surface area contributed by atoms with Crippen LogP contribution in [0.4, 0.5) is 0 Å². The Hall–Kier alpha value is -1.33. The van der Waals surface area contributed by atoms with Crippen LogP contribution in [0.3, 0.4) is 0 Å². The van der Waals surface area contributed by atoms with Gasteiger partial charge in [0, 0.05) is 16.9 Å². The molecule has 0 saturated carbocycles. The van der Waals surface area contributed by atoms with Gasteiger partial charge in [-0.15, -0.1) is 0 Å². The maximum Gasteiger partial charge on any atom is 0.123 e. The van der Waals surface area contributed by atoms with Crippen molar-refractivity contribution in [3.05, 3.63) is 46.5 Å². The molecule has 4 nitrogen and oxygen atoms in total. The zero-order valence-corrected chi connectivity index (χ0v) is 12.7. The van der Waals surface area contributed by atoms with Crippen molar-refractivity contribution >= 4 is 15.9 Å². The number of nitrogens with zero attached hydrogens (tertiary/aromatic N) is 1. The van der Waals surface area contributed by atoms with Crippen molar-refractivity contribution in [3.8, 4) is 5.75 Å². The molecular formula is C14H18BrN3O. The van der Waals surface area contributed by atoms with Crippen molar-refractivity contribution in [2.24, 2.45) is 0 Å². The highest BCUT2D eigenvalue weighted by molar-refractivity contribution is 9.10. The summed E-state index contributed by atoms with van der Waals surface area (Å²) in [5, 5.41) is 3.44. The predicted octanol–water partition coefficient (Wildman–Crippen LogP) is 3.07. The van der Waals surface area contributed by atoms with Crippen LogP contribution >= 0.6 is 15.9 Å². The molecular weight excluding hydrogens is 306 g/mol. The summed E-state index contributed by atoms with van der Waals surface area (Å²) in [6.45, 7) is 2.98. The number of methoxy groups -OCH3 is 1. The fourth-order valence-electron chi connectivity index (χ4n) is 2.11. The smallest absolute Gasteiger partial charge is 0.123 e. The van der Waals surface area contributed by atoms with Crippen LogP contribution in [0.5, 0.6) is 5.75 Å². The van der Waals surface area contributed by atoms with E-state index in [1.165, 1.54) is 0 Å². The molecule has 0 amide bonds. The maximum atomic E-state index is 5.42. The molecule has 0 saturated heterocycles. The second-order valence-corrected chi connectivity index (χ2v) is 5.16. The van der Waals surface area contributed by atoms with Crippen molar-refractivity contribution in [1.29, 1.82) is 0 Å². The van der Waals surface area contributed by atoms with E-state index in [2.05, 4.69) is 44.2 Å². The molecule has 19 heavy (non-hydrogen) atoms. The number of benzene rings is 1. The Bertz CT molecular complexity index is 513. The maximum absolute atomic E-state index is 5.42. The van der Waals surface area contributed by atoms with Gasteiger partial charge in [-0.05, 0) is 36.7 Å². The fraction of sp³-hybridized carbons (Fsp3) is 0.357. The molecule has 1 unspecified atom stereocenters. The molecule has 5 heteroatoms. The zero-order valence-electron chi connectivity index (χ0n) is 11.1. The summed E-state index contributed by atoms with van der Waals surface area (Å²) in [5.74, 6) is 1.85. The molecule has 2 aromatic rings. The van der Waals surface area contributed by atoms with E-state index in [1.54, 1.807) is 13.3 Å². The van der Waals surface area contributed by atoms with Gasteiger partial charge >= 0.3 is 0 Å². The topological polar surface area (TPSA) is 49.9 Å². The average molecular weight is 324 g/mol. The van der Waals surface area contributed by atoms with Gasteiger partial charge < -0.3 is 15.0 Å². The van der Waals surface area contributed by atoms with E-state index < -0.39 is 0 Å². The van der Waals surface area contributed by atoms with E-state index >= 15 is 0 Å². The van der Waals surface area contributed by atoms with Crippen LogP contribution in [-0.4, -0.2) is 23.6 Å². The summed E-state index contributed by atoms with van der Waals surface area (Å²) in [4.78, 5) is 7.51. The van der Waals surface area contributed by atoms with Crippen LogP contribution in [0.15, 0.2) is 35.1 Å². The van der Waals surface area contributed by atoms with Crippen LogP contribution in [0, 0.1) is 0 Å². The van der Waals surface area contributed by atoms with Crippen LogP contribution in [0.1, 0.15) is 24.4 Å². The van der Waals surface area contributed by atoms with Crippen molar-refractivity contribution in [2.45, 2.75) is 19.4 Å². The van der Waals surface area contributed by atoms with Gasteiger partial charge in [0.15, 0.2) is 0 Å². The van der Waals surface area contributed by atoms with Gasteiger partial charge in [0.1, 0.15) is 11.6 Å². The molecule has 1 atom stereocenters. The molecule has 2 N–H and O–H groups in total. The van der Waals surface area contributed by atoms with E-state index in [-0.39, 0.29) is 6.04 Å². The van der Waals surface area contributed by atoms with Crippen molar-refractivity contribution in [1.82, 2.24) is 15.3 Å². The van der Waals surface area contributed by atoms with Gasteiger partial charge in [-0.25, -0.2) is 4.98 Å². The molecule has 0 fully saturated rings. The summed E-state index contributed by atoms with van der Waals surface area (Å²) < 4.78 is 6.47. The molecule has 1 aromatic carbocycles. The Morgan fingerprint density at radius 2 is 2.32 bits per heavy atom. The van der Waals surface area contributed by atoms with Gasteiger partial charge in [-0.2, -0.15) is 0 Å². The molecule has 1 aromatic heterocycles. The lowest BCUT2D eigenvalue weighted by atomic mass is 10.0. The molecule has 0 spiro atoms. The largest absolute Gasteiger partial charge is 0.496 e.